The number of aromatic nitrogens is 1. The Kier molecular flexibility index (Phi) is 8.36. The predicted molar refractivity (Wildman–Crippen MR) is 123 cm³/mol. The monoisotopic (exact) mass is 473 g/mol. The van der Waals surface area contributed by atoms with Crippen molar-refractivity contribution >= 4 is 29.5 Å². The quantitative estimate of drug-likeness (QED) is 0.527. The highest BCUT2D eigenvalue weighted by Crippen LogP contribution is 2.22. The van der Waals surface area contributed by atoms with Gasteiger partial charge in [-0.2, -0.15) is 0 Å². The summed E-state index contributed by atoms with van der Waals surface area (Å²) in [7, 11) is 0. The Balaban J connectivity index is 1.66. The second-order valence-electron chi connectivity index (χ2n) is 7.94. The molecule has 34 heavy (non-hydrogen) atoms. The van der Waals surface area contributed by atoms with Crippen LogP contribution in [-0.4, -0.2) is 70.3 Å². The third-order valence-corrected chi connectivity index (χ3v) is 5.32. The highest BCUT2D eigenvalue weighted by Gasteiger charge is 2.36. The average molecular weight is 474 g/mol. The van der Waals surface area contributed by atoms with Crippen LogP contribution in [0.1, 0.15) is 24.6 Å². The molecule has 2 aromatic rings. The van der Waals surface area contributed by atoms with E-state index in [1.165, 1.54) is 12.3 Å². The number of anilines is 2. The van der Waals surface area contributed by atoms with E-state index in [9.17, 15) is 19.5 Å². The zero-order valence-electron chi connectivity index (χ0n) is 19.1. The molecule has 1 saturated heterocycles. The number of pyridine rings is 1. The van der Waals surface area contributed by atoms with Crippen molar-refractivity contribution in [2.24, 2.45) is 0 Å². The summed E-state index contributed by atoms with van der Waals surface area (Å²) in [5.74, 6) is -1.22. The Bertz CT molecular complexity index is 1030. The summed E-state index contributed by atoms with van der Waals surface area (Å²) in [5, 5.41) is 14.5. The molecule has 1 aliphatic rings. The number of rotatable bonds is 7. The number of amides is 3. The molecular weight excluding hydrogens is 445 g/mol. The number of hydrogen-bond acceptors (Lipinski definition) is 6. The fourth-order valence-electron chi connectivity index (χ4n) is 3.58. The van der Waals surface area contributed by atoms with Crippen LogP contribution in [0.5, 0.6) is 0 Å². The number of ether oxygens (including phenoxy) is 1. The number of urea groups is 1. The second kappa shape index (κ2) is 11.4. The van der Waals surface area contributed by atoms with Gasteiger partial charge in [0.2, 0.25) is 0 Å². The molecule has 10 nitrogen and oxygen atoms in total. The van der Waals surface area contributed by atoms with E-state index in [1.807, 2.05) is 13.8 Å². The molecule has 3 rings (SSSR count). The molecule has 1 atom stereocenters. The summed E-state index contributed by atoms with van der Waals surface area (Å²) >= 11 is 0. The van der Waals surface area contributed by atoms with Gasteiger partial charge in [0.1, 0.15) is 6.04 Å². The van der Waals surface area contributed by atoms with E-state index >= 15 is 4.39 Å². The third-order valence-electron chi connectivity index (χ3n) is 5.32. The summed E-state index contributed by atoms with van der Waals surface area (Å²) in [6, 6.07) is 6.46. The van der Waals surface area contributed by atoms with Crippen LogP contribution in [0.15, 0.2) is 36.5 Å². The molecule has 0 unspecified atom stereocenters. The van der Waals surface area contributed by atoms with Gasteiger partial charge >= 0.3 is 18.1 Å². The maximum atomic E-state index is 15.1. The lowest BCUT2D eigenvalue weighted by Crippen LogP contribution is -2.58. The van der Waals surface area contributed by atoms with Crippen LogP contribution in [0.3, 0.4) is 0 Å². The number of halogens is 1. The second-order valence-corrected chi connectivity index (χ2v) is 7.94. The van der Waals surface area contributed by atoms with E-state index in [0.717, 1.165) is 10.6 Å². The van der Waals surface area contributed by atoms with Crippen LogP contribution in [0.4, 0.5) is 25.4 Å². The molecule has 1 aromatic carbocycles. The van der Waals surface area contributed by atoms with Crippen molar-refractivity contribution in [3.05, 3.63) is 53.6 Å². The van der Waals surface area contributed by atoms with Crippen molar-refractivity contribution in [1.29, 1.82) is 0 Å². The fraction of sp³-hybridized carbons (Fsp3) is 0.391. The number of carboxylic acid groups (broad SMARTS) is 1. The lowest BCUT2D eigenvalue weighted by molar-refractivity contribution is -0.151. The van der Waals surface area contributed by atoms with Crippen LogP contribution in [0.25, 0.3) is 0 Å². The topological polar surface area (TPSA) is 124 Å². The number of hydrogen-bond donors (Lipinski definition) is 3. The highest BCUT2D eigenvalue weighted by atomic mass is 19.1. The Labute approximate surface area is 196 Å². The van der Waals surface area contributed by atoms with E-state index < -0.39 is 30.0 Å². The predicted octanol–water partition coefficient (Wildman–Crippen LogP) is 3.29. The van der Waals surface area contributed by atoms with Gasteiger partial charge in [-0.15, -0.1) is 0 Å². The van der Waals surface area contributed by atoms with Gasteiger partial charge in [-0.25, -0.2) is 18.8 Å². The van der Waals surface area contributed by atoms with Gasteiger partial charge in [-0.1, -0.05) is 19.1 Å². The smallest absolute Gasteiger partial charge is 0.408 e. The van der Waals surface area contributed by atoms with Crippen LogP contribution in [0, 0.1) is 12.7 Å². The van der Waals surface area contributed by atoms with Gasteiger partial charge in [0.15, 0.2) is 5.82 Å². The van der Waals surface area contributed by atoms with Gasteiger partial charge in [0.25, 0.3) is 0 Å². The van der Waals surface area contributed by atoms with Gasteiger partial charge in [-0.05, 0) is 31.5 Å². The van der Waals surface area contributed by atoms with Crippen molar-refractivity contribution in [3.63, 3.8) is 0 Å². The molecule has 182 valence electrons. The maximum Gasteiger partial charge on any atom is 0.408 e. The molecule has 0 saturated carbocycles. The van der Waals surface area contributed by atoms with Crippen LogP contribution >= 0.6 is 0 Å². The van der Waals surface area contributed by atoms with E-state index in [-0.39, 0.29) is 31.9 Å². The summed E-state index contributed by atoms with van der Waals surface area (Å²) in [4.78, 5) is 43.2. The normalized spacial score (nSPS) is 16.1. The highest BCUT2D eigenvalue weighted by molar-refractivity contribution is 5.99. The summed E-state index contributed by atoms with van der Waals surface area (Å²) in [6.07, 6.45) is 0.916. The Hall–Kier alpha value is -3.73. The maximum absolute atomic E-state index is 15.1. The van der Waals surface area contributed by atoms with Gasteiger partial charge in [0, 0.05) is 37.4 Å². The number of aryl methyl sites for hydroxylation is 1. The van der Waals surface area contributed by atoms with Gasteiger partial charge < -0.3 is 20.5 Å². The minimum absolute atomic E-state index is 0.00171. The molecule has 11 heteroatoms. The van der Waals surface area contributed by atoms with Crippen LogP contribution < -0.4 is 10.6 Å². The molecule has 1 fully saturated rings. The molecular formula is C23H28FN5O5. The minimum Gasteiger partial charge on any atom is -0.465 e. The molecule has 2 heterocycles. The van der Waals surface area contributed by atoms with Crippen molar-refractivity contribution in [2.75, 3.05) is 36.9 Å². The fourth-order valence-corrected chi connectivity index (χ4v) is 3.58. The molecule has 0 spiro atoms. The van der Waals surface area contributed by atoms with E-state index in [1.54, 1.807) is 29.2 Å². The molecule has 0 aliphatic carbocycles. The van der Waals surface area contributed by atoms with E-state index in [4.69, 9.17) is 4.74 Å². The molecule has 0 bridgehead atoms. The third kappa shape index (κ3) is 6.41. The molecule has 1 aromatic heterocycles. The first-order chi connectivity index (χ1) is 16.3. The number of carbonyl (C=O) groups excluding carboxylic acids is 2. The lowest BCUT2D eigenvalue weighted by atomic mass is 10.1. The SMILES string of the molecule is CCCOC(=O)[C@H]1CN(Cc2cccc(NC(=O)Nc3ccc(C)nc3)c2F)CCN1C(=O)O. The largest absolute Gasteiger partial charge is 0.465 e. The molecule has 0 radical (unpaired) electrons. The summed E-state index contributed by atoms with van der Waals surface area (Å²) < 4.78 is 20.3. The number of esters is 1. The van der Waals surface area contributed by atoms with Crippen LogP contribution in [-0.2, 0) is 16.1 Å². The van der Waals surface area contributed by atoms with Crippen molar-refractivity contribution in [2.45, 2.75) is 32.9 Å². The Morgan fingerprint density at radius 1 is 1.21 bits per heavy atom. The summed E-state index contributed by atoms with van der Waals surface area (Å²) in [6.45, 7) is 4.49. The molecule has 3 amide bonds. The van der Waals surface area contributed by atoms with Crippen LogP contribution in [0.2, 0.25) is 0 Å². The molecule has 1 aliphatic heterocycles. The standard InChI is InChI=1S/C23H28FN5O5/c1-3-11-34-21(30)19-14-28(9-10-29(19)23(32)33)13-16-5-4-6-18(20(16)24)27-22(31)26-17-8-7-15(2)25-12-17/h4-8,12,19H,3,9-11,13-14H2,1-2H3,(H,32,33)(H2,26,27,31)/t19-/m1/s1. The van der Waals surface area contributed by atoms with Crippen molar-refractivity contribution in [1.82, 2.24) is 14.8 Å². The van der Waals surface area contributed by atoms with Crippen molar-refractivity contribution < 1.29 is 28.6 Å². The Morgan fingerprint density at radius 2 is 2.00 bits per heavy atom. The van der Waals surface area contributed by atoms with E-state index in [0.29, 0.717) is 24.2 Å². The van der Waals surface area contributed by atoms with E-state index in [2.05, 4.69) is 15.6 Å². The summed E-state index contributed by atoms with van der Waals surface area (Å²) in [5.41, 5.74) is 1.57. The van der Waals surface area contributed by atoms with Crippen molar-refractivity contribution in [3.8, 4) is 0 Å². The number of carbonyl (C=O) groups is 3. The Morgan fingerprint density at radius 3 is 2.68 bits per heavy atom. The zero-order valence-corrected chi connectivity index (χ0v) is 19.1. The first kappa shape index (κ1) is 24.9. The number of nitrogens with zero attached hydrogens (tertiary/aromatic N) is 3. The van der Waals surface area contributed by atoms with Gasteiger partial charge in [-0.3, -0.25) is 14.8 Å². The number of nitrogens with one attached hydrogen (secondary N) is 2. The lowest BCUT2D eigenvalue weighted by Gasteiger charge is -2.38. The molecule has 3 N–H and O–H groups in total. The average Bonchev–Trinajstić information content (AvgIpc) is 2.81. The first-order valence-corrected chi connectivity index (χ1v) is 10.9. The number of piperazine rings is 1. The minimum atomic E-state index is -1.20. The van der Waals surface area contributed by atoms with Gasteiger partial charge in [0.05, 0.1) is 24.2 Å². The first-order valence-electron chi connectivity index (χ1n) is 10.9. The number of benzene rings is 1. The zero-order chi connectivity index (χ0) is 24.7.